The molecule has 1 aromatic carbocycles. The fourth-order valence-corrected chi connectivity index (χ4v) is 1.19. The van der Waals surface area contributed by atoms with Crippen molar-refractivity contribution >= 4 is 0 Å². The molecular weight excluding hydrogens is 168 g/mol. The molecule has 0 fully saturated rings. The van der Waals surface area contributed by atoms with Crippen molar-refractivity contribution < 1.29 is 55.8 Å². The first kappa shape index (κ1) is 9.83. The van der Waals surface area contributed by atoms with Gasteiger partial charge in [-0.2, -0.15) is 0 Å². The molecule has 3 heteroatoms. The summed E-state index contributed by atoms with van der Waals surface area (Å²) in [5.74, 6) is -0.157. The average Bonchev–Trinajstić information content (AvgIpc) is 2.33. The van der Waals surface area contributed by atoms with E-state index in [0.29, 0.717) is 6.54 Å². The number of benzene rings is 1. The van der Waals surface area contributed by atoms with Gasteiger partial charge in [-0.05, 0) is 12.1 Å². The van der Waals surface area contributed by atoms with E-state index in [4.69, 9.17) is 0 Å². The van der Waals surface area contributed by atoms with E-state index in [0.717, 1.165) is 12.1 Å². The van der Waals surface area contributed by atoms with E-state index in [1.165, 1.54) is 11.6 Å². The summed E-state index contributed by atoms with van der Waals surface area (Å²) >= 11 is 0. The fourth-order valence-electron chi connectivity index (χ4n) is 1.19. The molecule has 1 nitrogen and oxygen atoms in total. The summed E-state index contributed by atoms with van der Waals surface area (Å²) in [5.41, 5.74) is 2.21. The summed E-state index contributed by atoms with van der Waals surface area (Å²) in [6.45, 7) is 1.45. The first-order valence-corrected chi connectivity index (χ1v) is 3.27. The number of nitrogens with zero attached hydrogens (tertiary/aromatic N) is 1. The maximum Gasteiger partial charge on any atom is 1.00 e. The molecule has 1 aromatic rings. The van der Waals surface area contributed by atoms with Crippen molar-refractivity contribution in [1.29, 1.82) is 0 Å². The third-order valence-electron chi connectivity index (χ3n) is 1.73. The van der Waals surface area contributed by atoms with Crippen LogP contribution in [0.5, 0.6) is 0 Å². The number of hydrogen-bond donors (Lipinski definition) is 0. The molecule has 0 bridgehead atoms. The van der Waals surface area contributed by atoms with Crippen molar-refractivity contribution in [2.24, 2.45) is 0 Å². The largest absolute Gasteiger partial charge is 1.00 e. The summed E-state index contributed by atoms with van der Waals surface area (Å²) < 4.78 is 12.5. The number of hydrogen-bond acceptors (Lipinski definition) is 0. The molecule has 11 heavy (non-hydrogen) atoms. The van der Waals surface area contributed by atoms with E-state index >= 15 is 0 Å². The smallest absolute Gasteiger partial charge is 0.655 e. The van der Waals surface area contributed by atoms with Gasteiger partial charge in [-0.3, -0.25) is 0 Å². The van der Waals surface area contributed by atoms with Gasteiger partial charge in [0.25, 0.3) is 0 Å². The molecule has 0 aromatic heterocycles. The van der Waals surface area contributed by atoms with Crippen LogP contribution in [0.3, 0.4) is 0 Å². The summed E-state index contributed by atoms with van der Waals surface area (Å²) in [6.07, 6.45) is 0. The van der Waals surface area contributed by atoms with Crippen molar-refractivity contribution in [3.05, 3.63) is 40.5 Å². The third kappa shape index (κ3) is 2.11. The van der Waals surface area contributed by atoms with Crippen LogP contribution in [0.4, 0.5) is 4.39 Å². The third-order valence-corrected chi connectivity index (χ3v) is 1.73. The van der Waals surface area contributed by atoms with E-state index in [1.807, 2.05) is 0 Å². The zero-order valence-corrected chi connectivity index (χ0v) is 9.59. The van der Waals surface area contributed by atoms with E-state index in [1.54, 1.807) is 12.1 Å². The topological polar surface area (TPSA) is 14.1 Å². The second-order valence-corrected chi connectivity index (χ2v) is 2.45. The Hall–Kier alpha value is 0.746. The Labute approximate surface area is 108 Å². The van der Waals surface area contributed by atoms with Crippen LogP contribution in [0.1, 0.15) is 11.1 Å². The van der Waals surface area contributed by atoms with Gasteiger partial charge in [-0.15, -0.1) is 13.1 Å². The average molecular weight is 175 g/mol. The summed E-state index contributed by atoms with van der Waals surface area (Å²) in [5, 5.41) is 4.13. The summed E-state index contributed by atoms with van der Waals surface area (Å²) in [6, 6.07) is 4.85. The maximum absolute atomic E-state index is 12.5. The van der Waals surface area contributed by atoms with Crippen LogP contribution >= 0.6 is 0 Å². The van der Waals surface area contributed by atoms with Gasteiger partial charge in [0.2, 0.25) is 0 Å². The predicted octanol–water partition coefficient (Wildman–Crippen LogP) is -0.783. The van der Waals surface area contributed by atoms with Crippen LogP contribution in [-0.2, 0) is 13.1 Å². The SMILES string of the molecule is Fc1ccc2c(c1)C[N-]C2.[K+]. The Balaban J connectivity index is 0.000000605. The monoisotopic (exact) mass is 175 g/mol. The standard InChI is InChI=1S/C8H7FN.K/c9-8-2-1-6-4-10-5-7(6)3-8;/h1-3H,4-5H2;/q-1;+1. The predicted molar refractivity (Wildman–Crippen MR) is 37.2 cm³/mol. The molecule has 0 unspecified atom stereocenters. The minimum absolute atomic E-state index is 0. The summed E-state index contributed by atoms with van der Waals surface area (Å²) in [7, 11) is 0. The fraction of sp³-hybridized carbons (Fsp3) is 0.250. The zero-order chi connectivity index (χ0) is 6.97. The normalized spacial score (nSPS) is 13.9. The second kappa shape index (κ2) is 4.12. The maximum atomic E-state index is 12.5. The molecule has 0 amide bonds. The molecule has 0 N–H and O–H groups in total. The minimum atomic E-state index is -0.157. The van der Waals surface area contributed by atoms with Crippen LogP contribution < -0.4 is 51.4 Å². The van der Waals surface area contributed by atoms with Crippen LogP contribution in [-0.4, -0.2) is 0 Å². The van der Waals surface area contributed by atoms with E-state index < -0.39 is 0 Å². The molecule has 0 saturated heterocycles. The Kier molecular flexibility index (Phi) is 3.68. The van der Waals surface area contributed by atoms with Crippen molar-refractivity contribution in [2.45, 2.75) is 13.1 Å². The van der Waals surface area contributed by atoms with Crippen LogP contribution in [0, 0.1) is 5.82 Å². The molecule has 0 saturated carbocycles. The molecule has 0 spiro atoms. The van der Waals surface area contributed by atoms with Gasteiger partial charge in [-0.1, -0.05) is 17.2 Å². The van der Waals surface area contributed by atoms with Crippen molar-refractivity contribution in [2.75, 3.05) is 0 Å². The van der Waals surface area contributed by atoms with Gasteiger partial charge >= 0.3 is 51.4 Å². The first-order valence-electron chi connectivity index (χ1n) is 3.27. The van der Waals surface area contributed by atoms with Gasteiger partial charge in [0.1, 0.15) is 5.82 Å². The Morgan fingerprint density at radius 2 is 1.91 bits per heavy atom. The second-order valence-electron chi connectivity index (χ2n) is 2.45. The molecule has 52 valence electrons. The Bertz CT molecular complexity index is 262. The van der Waals surface area contributed by atoms with Crippen LogP contribution in [0.25, 0.3) is 5.32 Å². The first-order chi connectivity index (χ1) is 4.86. The Morgan fingerprint density at radius 3 is 2.73 bits per heavy atom. The van der Waals surface area contributed by atoms with Gasteiger partial charge in [0.15, 0.2) is 0 Å². The van der Waals surface area contributed by atoms with Gasteiger partial charge < -0.3 is 5.32 Å². The minimum Gasteiger partial charge on any atom is -0.655 e. The molecular formula is C8H7FKN. The summed E-state index contributed by atoms with van der Waals surface area (Å²) in [4.78, 5) is 0. The number of fused-ring (bicyclic) bond motifs is 1. The van der Waals surface area contributed by atoms with E-state index in [9.17, 15) is 4.39 Å². The van der Waals surface area contributed by atoms with Crippen LogP contribution in [0.15, 0.2) is 18.2 Å². The van der Waals surface area contributed by atoms with Crippen molar-refractivity contribution in [3.8, 4) is 0 Å². The number of rotatable bonds is 0. The van der Waals surface area contributed by atoms with Crippen molar-refractivity contribution in [3.63, 3.8) is 0 Å². The van der Waals surface area contributed by atoms with Gasteiger partial charge in [0, 0.05) is 0 Å². The number of halogens is 1. The van der Waals surface area contributed by atoms with E-state index in [-0.39, 0.29) is 57.2 Å². The van der Waals surface area contributed by atoms with Gasteiger partial charge in [-0.25, -0.2) is 4.39 Å². The molecule has 0 radical (unpaired) electrons. The zero-order valence-electron chi connectivity index (χ0n) is 6.47. The molecule has 0 aliphatic carbocycles. The van der Waals surface area contributed by atoms with Crippen molar-refractivity contribution in [1.82, 2.24) is 0 Å². The molecule has 0 atom stereocenters. The van der Waals surface area contributed by atoms with Gasteiger partial charge in [0.05, 0.1) is 0 Å². The molecule has 1 aliphatic heterocycles. The Morgan fingerprint density at radius 1 is 1.18 bits per heavy atom. The van der Waals surface area contributed by atoms with Crippen LogP contribution in [0.2, 0.25) is 0 Å². The van der Waals surface area contributed by atoms with E-state index in [2.05, 4.69) is 5.32 Å². The molecule has 2 rings (SSSR count). The molecule has 1 heterocycles. The quantitative estimate of drug-likeness (QED) is 0.459. The molecule has 1 aliphatic rings.